The molecule has 3 aromatic carbocycles. The zero-order valence-electron chi connectivity index (χ0n) is 22.4. The lowest BCUT2D eigenvalue weighted by Crippen LogP contribution is -2.51. The molecule has 0 aliphatic carbocycles. The van der Waals surface area contributed by atoms with Crippen LogP contribution in [0.4, 0.5) is 5.69 Å². The summed E-state index contributed by atoms with van der Waals surface area (Å²) >= 11 is 12.8. The Labute approximate surface area is 240 Å². The van der Waals surface area contributed by atoms with E-state index in [9.17, 15) is 18.0 Å². The number of rotatable bonds is 11. The van der Waals surface area contributed by atoms with Crippen molar-refractivity contribution in [3.63, 3.8) is 0 Å². The van der Waals surface area contributed by atoms with E-state index in [0.717, 1.165) is 9.87 Å². The van der Waals surface area contributed by atoms with Crippen LogP contribution in [0.3, 0.4) is 0 Å². The van der Waals surface area contributed by atoms with E-state index in [1.165, 1.54) is 17.0 Å². The van der Waals surface area contributed by atoms with Gasteiger partial charge in [-0.3, -0.25) is 13.9 Å². The molecule has 3 rings (SSSR count). The van der Waals surface area contributed by atoms with Gasteiger partial charge in [-0.05, 0) is 56.2 Å². The van der Waals surface area contributed by atoms with Gasteiger partial charge in [-0.15, -0.1) is 0 Å². The molecule has 3 aromatic rings. The quantitative estimate of drug-likeness (QED) is 0.311. The van der Waals surface area contributed by atoms with E-state index < -0.39 is 28.5 Å². The molecule has 1 unspecified atom stereocenters. The molecule has 7 nitrogen and oxygen atoms in total. The lowest BCUT2D eigenvalue weighted by molar-refractivity contribution is -0.139. The Balaban J connectivity index is 2.03. The van der Waals surface area contributed by atoms with Crippen LogP contribution in [-0.4, -0.2) is 44.3 Å². The summed E-state index contributed by atoms with van der Waals surface area (Å²) in [6, 6.07) is 18.8. The molecular weight excluding hydrogens is 557 g/mol. The van der Waals surface area contributed by atoms with E-state index in [1.807, 2.05) is 20.8 Å². The van der Waals surface area contributed by atoms with Crippen LogP contribution in [0.5, 0.6) is 0 Å². The second-order valence-electron chi connectivity index (χ2n) is 9.70. The van der Waals surface area contributed by atoms with Gasteiger partial charge in [-0.2, -0.15) is 0 Å². The maximum Gasteiger partial charge on any atom is 0.264 e. The molecule has 1 atom stereocenters. The fourth-order valence-electron chi connectivity index (χ4n) is 3.85. The molecular formula is C29H33Cl2N3O4S. The fraction of sp³-hybridized carbons (Fsp3) is 0.310. The summed E-state index contributed by atoms with van der Waals surface area (Å²) < 4.78 is 28.6. The number of nitrogens with zero attached hydrogens (tertiary/aromatic N) is 2. The molecule has 0 fully saturated rings. The van der Waals surface area contributed by atoms with Crippen LogP contribution in [0, 0.1) is 12.8 Å². The van der Waals surface area contributed by atoms with Gasteiger partial charge in [0, 0.05) is 28.7 Å². The van der Waals surface area contributed by atoms with Crippen molar-refractivity contribution < 1.29 is 18.0 Å². The van der Waals surface area contributed by atoms with Gasteiger partial charge in [-0.1, -0.05) is 79.0 Å². The van der Waals surface area contributed by atoms with Crippen molar-refractivity contribution in [1.29, 1.82) is 0 Å². The Morgan fingerprint density at radius 2 is 1.46 bits per heavy atom. The zero-order valence-corrected chi connectivity index (χ0v) is 24.7. The minimum atomic E-state index is -4.12. The fourth-order valence-corrected chi connectivity index (χ4v) is 5.80. The topological polar surface area (TPSA) is 86.8 Å². The van der Waals surface area contributed by atoms with Crippen LogP contribution in [0.2, 0.25) is 10.0 Å². The number of aryl methyl sites for hydroxylation is 1. The van der Waals surface area contributed by atoms with Crippen LogP contribution in [0.25, 0.3) is 0 Å². The third-order valence-corrected chi connectivity index (χ3v) is 8.67. The number of benzene rings is 3. The summed E-state index contributed by atoms with van der Waals surface area (Å²) in [5.41, 5.74) is 1.73. The van der Waals surface area contributed by atoms with Crippen molar-refractivity contribution in [2.24, 2.45) is 5.92 Å². The maximum absolute atomic E-state index is 13.9. The molecule has 0 aliphatic heterocycles. The van der Waals surface area contributed by atoms with Gasteiger partial charge in [0.15, 0.2) is 0 Å². The first-order chi connectivity index (χ1) is 18.4. The predicted octanol–water partition coefficient (Wildman–Crippen LogP) is 5.69. The number of halogens is 2. The van der Waals surface area contributed by atoms with E-state index in [1.54, 1.807) is 67.6 Å². The highest BCUT2D eigenvalue weighted by Gasteiger charge is 2.33. The van der Waals surface area contributed by atoms with Crippen LogP contribution in [0.1, 0.15) is 31.9 Å². The molecule has 2 amide bonds. The average molecular weight is 591 g/mol. The molecule has 1 N–H and O–H groups in total. The maximum atomic E-state index is 13.9. The Morgan fingerprint density at radius 1 is 0.872 bits per heavy atom. The van der Waals surface area contributed by atoms with Gasteiger partial charge in [-0.25, -0.2) is 8.42 Å². The Kier molecular flexibility index (Phi) is 10.4. The van der Waals surface area contributed by atoms with Crippen molar-refractivity contribution in [1.82, 2.24) is 10.2 Å². The number of sulfonamides is 1. The number of nitrogens with one attached hydrogen (secondary N) is 1. The standard InChI is InChI=1S/C29H33Cl2N3O4S/c1-20(2)17-32-29(36)22(4)33(18-25-26(30)11-8-12-27(25)31)28(35)19-34(23-15-13-21(3)14-16-23)39(37,38)24-9-6-5-7-10-24/h5-16,20,22H,17-19H2,1-4H3,(H,32,36). The van der Waals surface area contributed by atoms with Crippen LogP contribution in [0.15, 0.2) is 77.7 Å². The van der Waals surface area contributed by atoms with Gasteiger partial charge in [0.05, 0.1) is 10.6 Å². The lowest BCUT2D eigenvalue weighted by Gasteiger charge is -2.32. The zero-order chi connectivity index (χ0) is 28.7. The molecule has 10 heteroatoms. The van der Waals surface area contributed by atoms with Crippen molar-refractivity contribution in [2.45, 2.75) is 45.2 Å². The molecule has 0 aliphatic rings. The van der Waals surface area contributed by atoms with Crippen LogP contribution in [-0.2, 0) is 26.2 Å². The monoisotopic (exact) mass is 589 g/mol. The van der Waals surface area contributed by atoms with E-state index >= 15 is 0 Å². The number of hydrogen-bond donors (Lipinski definition) is 1. The smallest absolute Gasteiger partial charge is 0.264 e. The molecule has 0 saturated carbocycles. The Bertz CT molecular complexity index is 1380. The third kappa shape index (κ3) is 7.75. The second-order valence-corrected chi connectivity index (χ2v) is 12.4. The summed E-state index contributed by atoms with van der Waals surface area (Å²) in [5.74, 6) is -0.748. The van der Waals surface area contributed by atoms with Crippen molar-refractivity contribution in [2.75, 3.05) is 17.4 Å². The van der Waals surface area contributed by atoms with Crippen LogP contribution < -0.4 is 9.62 Å². The molecule has 208 valence electrons. The highest BCUT2D eigenvalue weighted by Crippen LogP contribution is 2.28. The molecule has 0 aromatic heterocycles. The second kappa shape index (κ2) is 13.3. The van der Waals surface area contributed by atoms with E-state index in [0.29, 0.717) is 27.8 Å². The number of amides is 2. The first kappa shape index (κ1) is 30.5. The SMILES string of the molecule is Cc1ccc(N(CC(=O)N(Cc2c(Cl)cccc2Cl)C(C)C(=O)NCC(C)C)S(=O)(=O)c2ccccc2)cc1. The van der Waals surface area contributed by atoms with E-state index in [2.05, 4.69) is 5.32 Å². The minimum Gasteiger partial charge on any atom is -0.354 e. The first-order valence-corrected chi connectivity index (χ1v) is 14.8. The van der Waals surface area contributed by atoms with E-state index in [-0.39, 0.29) is 23.3 Å². The molecule has 0 radical (unpaired) electrons. The number of anilines is 1. The molecule has 0 spiro atoms. The molecule has 39 heavy (non-hydrogen) atoms. The average Bonchev–Trinajstić information content (AvgIpc) is 2.90. The van der Waals surface area contributed by atoms with Crippen molar-refractivity contribution in [3.8, 4) is 0 Å². The number of hydrogen-bond acceptors (Lipinski definition) is 4. The lowest BCUT2D eigenvalue weighted by atomic mass is 10.1. The molecule has 0 bridgehead atoms. The first-order valence-electron chi connectivity index (χ1n) is 12.6. The predicted molar refractivity (Wildman–Crippen MR) is 156 cm³/mol. The van der Waals surface area contributed by atoms with Gasteiger partial charge in [0.25, 0.3) is 10.0 Å². The van der Waals surface area contributed by atoms with Gasteiger partial charge in [0.1, 0.15) is 12.6 Å². The Hall–Kier alpha value is -3.07. The summed E-state index contributed by atoms with van der Waals surface area (Å²) in [6.07, 6.45) is 0. The number of carbonyl (C=O) groups excluding carboxylic acids is 2. The van der Waals surface area contributed by atoms with E-state index in [4.69, 9.17) is 23.2 Å². The van der Waals surface area contributed by atoms with Gasteiger partial charge >= 0.3 is 0 Å². The summed E-state index contributed by atoms with van der Waals surface area (Å²) in [7, 11) is -4.12. The molecule has 0 saturated heterocycles. The minimum absolute atomic E-state index is 0.0433. The van der Waals surface area contributed by atoms with Crippen molar-refractivity contribution >= 4 is 50.7 Å². The normalized spacial score (nSPS) is 12.2. The van der Waals surface area contributed by atoms with Gasteiger partial charge < -0.3 is 10.2 Å². The van der Waals surface area contributed by atoms with Gasteiger partial charge in [0.2, 0.25) is 11.8 Å². The number of carbonyl (C=O) groups is 2. The van der Waals surface area contributed by atoms with Crippen LogP contribution >= 0.6 is 23.2 Å². The highest BCUT2D eigenvalue weighted by molar-refractivity contribution is 7.92. The Morgan fingerprint density at radius 3 is 2.03 bits per heavy atom. The summed E-state index contributed by atoms with van der Waals surface area (Å²) in [5, 5.41) is 3.52. The summed E-state index contributed by atoms with van der Waals surface area (Å²) in [4.78, 5) is 28.4. The largest absolute Gasteiger partial charge is 0.354 e. The third-order valence-electron chi connectivity index (χ3n) is 6.17. The summed E-state index contributed by atoms with van der Waals surface area (Å²) in [6.45, 7) is 7.22. The molecule has 0 heterocycles. The van der Waals surface area contributed by atoms with Crippen molar-refractivity contribution in [3.05, 3.63) is 94.0 Å². The highest BCUT2D eigenvalue weighted by atomic mass is 35.5.